The van der Waals surface area contributed by atoms with Crippen molar-refractivity contribution in [2.24, 2.45) is 0 Å². The molecular formula is C20H22N4O3S3. The smallest absolute Gasteiger partial charge is 0.273 e. The number of thiazole rings is 1. The molecular weight excluding hydrogens is 440 g/mol. The molecule has 1 amide bonds. The molecule has 0 radical (unpaired) electrons. The van der Waals surface area contributed by atoms with E-state index in [1.165, 1.54) is 22.9 Å². The summed E-state index contributed by atoms with van der Waals surface area (Å²) < 4.78 is 27.3. The zero-order valence-corrected chi connectivity index (χ0v) is 19.1. The number of nitrogens with zero attached hydrogens (tertiary/aromatic N) is 3. The summed E-state index contributed by atoms with van der Waals surface area (Å²) in [5.74, 6) is -0.173. The van der Waals surface area contributed by atoms with Crippen LogP contribution in [0.5, 0.6) is 0 Å². The topological polar surface area (TPSA) is 82.6 Å². The molecule has 3 heterocycles. The molecule has 1 saturated heterocycles. The predicted molar refractivity (Wildman–Crippen MR) is 121 cm³/mol. The number of carbonyl (C=O) groups is 1. The molecule has 10 heteroatoms. The lowest BCUT2D eigenvalue weighted by Gasteiger charge is -2.36. The first-order valence-corrected chi connectivity index (χ1v) is 12.7. The third-order valence-corrected chi connectivity index (χ3v) is 8.60. The fourth-order valence-electron chi connectivity index (χ4n) is 3.37. The number of nitrogens with one attached hydrogen (secondary N) is 1. The van der Waals surface area contributed by atoms with Gasteiger partial charge >= 0.3 is 0 Å². The molecule has 1 fully saturated rings. The molecule has 2 aromatic heterocycles. The van der Waals surface area contributed by atoms with Gasteiger partial charge in [0.1, 0.15) is 9.90 Å². The minimum atomic E-state index is -3.67. The van der Waals surface area contributed by atoms with Gasteiger partial charge in [-0.25, -0.2) is 13.4 Å². The van der Waals surface area contributed by atoms with Crippen LogP contribution in [0.15, 0.2) is 45.3 Å². The highest BCUT2D eigenvalue weighted by Gasteiger charge is 2.25. The van der Waals surface area contributed by atoms with Crippen LogP contribution in [0.2, 0.25) is 0 Å². The fraction of sp³-hybridized carbons (Fsp3) is 0.300. The van der Waals surface area contributed by atoms with Crippen molar-refractivity contribution in [3.8, 4) is 0 Å². The van der Waals surface area contributed by atoms with Crippen molar-refractivity contribution in [3.63, 3.8) is 0 Å². The molecule has 1 aromatic carbocycles. The van der Waals surface area contributed by atoms with E-state index in [-0.39, 0.29) is 20.9 Å². The Labute approximate surface area is 184 Å². The fourth-order valence-corrected chi connectivity index (χ4v) is 6.30. The third kappa shape index (κ3) is 4.35. The Morgan fingerprint density at radius 2 is 1.87 bits per heavy atom. The van der Waals surface area contributed by atoms with Crippen molar-refractivity contribution in [1.82, 2.24) is 9.88 Å². The molecule has 3 aromatic rings. The third-order valence-electron chi connectivity index (χ3n) is 4.98. The lowest BCUT2D eigenvalue weighted by molar-refractivity contribution is 0.0741. The second-order valence-corrected chi connectivity index (χ2v) is 10.9. The molecule has 1 aliphatic heterocycles. The van der Waals surface area contributed by atoms with E-state index in [1.807, 2.05) is 0 Å². The first-order valence-electron chi connectivity index (χ1n) is 9.47. The van der Waals surface area contributed by atoms with Gasteiger partial charge in [-0.2, -0.15) is 0 Å². The number of carbonyl (C=O) groups excluding carboxylic acids is 1. The molecule has 1 aliphatic rings. The van der Waals surface area contributed by atoms with Crippen molar-refractivity contribution in [3.05, 3.63) is 57.9 Å². The van der Waals surface area contributed by atoms with Crippen molar-refractivity contribution < 1.29 is 13.2 Å². The summed E-state index contributed by atoms with van der Waals surface area (Å²) >= 11 is 2.24. The Bertz CT molecular complexity index is 1150. The standard InChI is InChI=1S/C20H22N4O3S3/c1-14-5-6-15(2)17(12-14)23-7-9-24(10-8-23)19(25)16-13-29-20(21-16)22-30(26,27)18-4-3-11-28-18/h3-6,11-13H,7-10H2,1-2H3,(H,21,22). The normalized spacial score (nSPS) is 14.7. The summed E-state index contributed by atoms with van der Waals surface area (Å²) in [6.07, 6.45) is 0. The average Bonchev–Trinajstić information content (AvgIpc) is 3.42. The van der Waals surface area contributed by atoms with Gasteiger partial charge in [0.25, 0.3) is 15.9 Å². The number of aromatic nitrogens is 1. The Balaban J connectivity index is 1.40. The van der Waals surface area contributed by atoms with Crippen LogP contribution in [0.3, 0.4) is 0 Å². The summed E-state index contributed by atoms with van der Waals surface area (Å²) in [4.78, 5) is 21.1. The molecule has 158 valence electrons. The van der Waals surface area contributed by atoms with Crippen molar-refractivity contribution in [1.29, 1.82) is 0 Å². The molecule has 0 saturated carbocycles. The predicted octanol–water partition coefficient (Wildman–Crippen LogP) is 3.58. The van der Waals surface area contributed by atoms with Crippen molar-refractivity contribution >= 4 is 49.4 Å². The van der Waals surface area contributed by atoms with Crippen molar-refractivity contribution in [2.75, 3.05) is 35.8 Å². The maximum absolute atomic E-state index is 12.8. The monoisotopic (exact) mass is 462 g/mol. The van der Waals surface area contributed by atoms with Crippen LogP contribution in [0.25, 0.3) is 0 Å². The minimum Gasteiger partial charge on any atom is -0.368 e. The quantitative estimate of drug-likeness (QED) is 0.627. The molecule has 1 N–H and O–H groups in total. The largest absolute Gasteiger partial charge is 0.368 e. The number of aryl methyl sites for hydroxylation is 2. The molecule has 0 spiro atoms. The second-order valence-electron chi connectivity index (χ2n) is 7.14. The number of anilines is 2. The molecule has 4 rings (SSSR count). The molecule has 0 unspecified atom stereocenters. The Morgan fingerprint density at radius 3 is 2.57 bits per heavy atom. The lowest BCUT2D eigenvalue weighted by atomic mass is 10.1. The van der Waals surface area contributed by atoms with Crippen LogP contribution in [0.1, 0.15) is 21.6 Å². The minimum absolute atomic E-state index is 0.173. The van der Waals surface area contributed by atoms with Gasteiger partial charge < -0.3 is 9.80 Å². The van der Waals surface area contributed by atoms with Crippen LogP contribution < -0.4 is 9.62 Å². The highest BCUT2D eigenvalue weighted by atomic mass is 32.2. The van der Waals surface area contributed by atoms with E-state index in [1.54, 1.807) is 21.7 Å². The van der Waals surface area contributed by atoms with Gasteiger partial charge in [-0.1, -0.05) is 18.2 Å². The number of amides is 1. The van der Waals surface area contributed by atoms with E-state index in [9.17, 15) is 13.2 Å². The van der Waals surface area contributed by atoms with Gasteiger partial charge in [0.05, 0.1) is 0 Å². The van der Waals surface area contributed by atoms with Crippen LogP contribution in [0, 0.1) is 13.8 Å². The number of sulfonamides is 1. The summed E-state index contributed by atoms with van der Waals surface area (Å²) in [5.41, 5.74) is 3.92. The van der Waals surface area contributed by atoms with Gasteiger partial charge in [0, 0.05) is 37.2 Å². The molecule has 0 atom stereocenters. The number of thiophene rings is 1. The van der Waals surface area contributed by atoms with E-state index in [2.05, 4.69) is 46.7 Å². The second kappa shape index (κ2) is 8.37. The van der Waals surface area contributed by atoms with E-state index in [0.717, 1.165) is 35.8 Å². The number of hydrogen-bond acceptors (Lipinski definition) is 7. The zero-order valence-electron chi connectivity index (χ0n) is 16.7. The maximum atomic E-state index is 12.8. The van der Waals surface area contributed by atoms with E-state index >= 15 is 0 Å². The molecule has 0 bridgehead atoms. The summed E-state index contributed by atoms with van der Waals surface area (Å²) in [7, 11) is -3.67. The van der Waals surface area contributed by atoms with Crippen LogP contribution in [-0.4, -0.2) is 50.4 Å². The highest BCUT2D eigenvalue weighted by Crippen LogP contribution is 2.25. The number of benzene rings is 1. The first kappa shape index (κ1) is 20.8. The van der Waals surface area contributed by atoms with Gasteiger partial charge in [0.2, 0.25) is 0 Å². The van der Waals surface area contributed by atoms with Gasteiger partial charge in [-0.05, 0) is 42.5 Å². The van der Waals surface area contributed by atoms with Gasteiger partial charge in [-0.3, -0.25) is 9.52 Å². The first-order chi connectivity index (χ1) is 14.3. The van der Waals surface area contributed by atoms with E-state index in [0.29, 0.717) is 13.1 Å². The summed E-state index contributed by atoms with van der Waals surface area (Å²) in [6.45, 7) is 6.87. The maximum Gasteiger partial charge on any atom is 0.273 e. The number of rotatable bonds is 5. The Morgan fingerprint density at radius 1 is 1.10 bits per heavy atom. The van der Waals surface area contributed by atoms with Gasteiger partial charge in [0.15, 0.2) is 5.13 Å². The van der Waals surface area contributed by atoms with E-state index < -0.39 is 10.0 Å². The van der Waals surface area contributed by atoms with Crippen LogP contribution in [0.4, 0.5) is 10.8 Å². The number of hydrogen-bond donors (Lipinski definition) is 1. The van der Waals surface area contributed by atoms with Crippen LogP contribution in [-0.2, 0) is 10.0 Å². The lowest BCUT2D eigenvalue weighted by Crippen LogP contribution is -2.49. The zero-order chi connectivity index (χ0) is 21.3. The number of piperazine rings is 1. The molecule has 0 aliphatic carbocycles. The van der Waals surface area contributed by atoms with Gasteiger partial charge in [-0.15, -0.1) is 22.7 Å². The Hall–Kier alpha value is -2.43. The van der Waals surface area contributed by atoms with E-state index in [4.69, 9.17) is 0 Å². The Kier molecular flexibility index (Phi) is 5.81. The van der Waals surface area contributed by atoms with Crippen molar-refractivity contribution in [2.45, 2.75) is 18.1 Å². The highest BCUT2D eigenvalue weighted by molar-refractivity contribution is 7.94. The van der Waals surface area contributed by atoms with Crippen LogP contribution >= 0.6 is 22.7 Å². The summed E-state index contributed by atoms with van der Waals surface area (Å²) in [6, 6.07) is 9.61. The molecule has 7 nitrogen and oxygen atoms in total. The average molecular weight is 463 g/mol. The summed E-state index contributed by atoms with van der Waals surface area (Å²) in [5, 5.41) is 3.50. The SMILES string of the molecule is Cc1ccc(C)c(N2CCN(C(=O)c3csc(NS(=O)(=O)c4cccs4)n3)CC2)c1. The molecule has 30 heavy (non-hydrogen) atoms.